The zero-order chi connectivity index (χ0) is 20.7. The van der Waals surface area contributed by atoms with E-state index >= 15 is 0 Å². The predicted octanol–water partition coefficient (Wildman–Crippen LogP) is 2.44. The number of rotatable bonds is 6. The minimum Gasteiger partial charge on any atom is -0.353 e. The highest BCUT2D eigenvalue weighted by molar-refractivity contribution is 5.80. The van der Waals surface area contributed by atoms with Crippen LogP contribution < -0.4 is 10.9 Å². The topological polar surface area (TPSA) is 81.3 Å². The van der Waals surface area contributed by atoms with Crippen LogP contribution >= 0.6 is 0 Å². The number of hydrogen-bond acceptors (Lipinski definition) is 4. The lowest BCUT2D eigenvalue weighted by Crippen LogP contribution is -2.26. The second-order valence-corrected chi connectivity index (χ2v) is 7.63. The van der Waals surface area contributed by atoms with Crippen LogP contribution in [-0.2, 0) is 17.8 Å². The van der Waals surface area contributed by atoms with E-state index in [1.807, 2.05) is 22.6 Å². The van der Waals surface area contributed by atoms with E-state index in [2.05, 4.69) is 15.5 Å². The summed E-state index contributed by atoms with van der Waals surface area (Å²) < 4.78 is 16.7. The third kappa shape index (κ3) is 3.45. The Labute approximate surface area is 171 Å². The molecule has 4 aromatic rings. The van der Waals surface area contributed by atoms with Gasteiger partial charge in [0.25, 0.3) is 5.56 Å². The summed E-state index contributed by atoms with van der Waals surface area (Å²) >= 11 is 0. The molecule has 152 valence electrons. The lowest BCUT2D eigenvalue weighted by atomic mass is 10.2. The van der Waals surface area contributed by atoms with E-state index in [1.165, 1.54) is 16.7 Å². The SMILES string of the molecule is O=C(CCc1nnc2n(Cc3ccc(F)cc3)c(=O)c3ccccc3n12)NC1CC1. The molecule has 0 atom stereocenters. The molecule has 0 aliphatic heterocycles. The number of para-hydroxylation sites is 1. The molecule has 2 aromatic heterocycles. The highest BCUT2D eigenvalue weighted by atomic mass is 19.1. The highest BCUT2D eigenvalue weighted by Crippen LogP contribution is 2.19. The van der Waals surface area contributed by atoms with E-state index in [9.17, 15) is 14.0 Å². The van der Waals surface area contributed by atoms with Crippen molar-refractivity contribution < 1.29 is 9.18 Å². The van der Waals surface area contributed by atoms with Crippen molar-refractivity contribution >= 4 is 22.6 Å². The Hall–Kier alpha value is -3.55. The summed E-state index contributed by atoms with van der Waals surface area (Å²) in [5, 5.41) is 12.1. The van der Waals surface area contributed by atoms with Gasteiger partial charge in [-0.05, 0) is 42.7 Å². The molecule has 5 rings (SSSR count). The van der Waals surface area contributed by atoms with Crippen molar-refractivity contribution in [1.82, 2.24) is 24.5 Å². The smallest absolute Gasteiger partial charge is 0.263 e. The number of carbonyl (C=O) groups is 1. The van der Waals surface area contributed by atoms with E-state index < -0.39 is 0 Å². The summed E-state index contributed by atoms with van der Waals surface area (Å²) in [7, 11) is 0. The lowest BCUT2D eigenvalue weighted by Gasteiger charge is -2.11. The zero-order valence-electron chi connectivity index (χ0n) is 16.2. The van der Waals surface area contributed by atoms with Crippen molar-refractivity contribution in [2.45, 2.75) is 38.3 Å². The van der Waals surface area contributed by atoms with Crippen LogP contribution in [-0.4, -0.2) is 31.1 Å². The number of fused-ring (bicyclic) bond motifs is 3. The molecule has 1 amide bonds. The molecule has 0 unspecified atom stereocenters. The fraction of sp³-hybridized carbons (Fsp3) is 0.273. The lowest BCUT2D eigenvalue weighted by molar-refractivity contribution is -0.121. The van der Waals surface area contributed by atoms with Gasteiger partial charge in [-0.2, -0.15) is 0 Å². The first-order chi connectivity index (χ1) is 14.6. The summed E-state index contributed by atoms with van der Waals surface area (Å²) in [5.41, 5.74) is 1.30. The maximum Gasteiger partial charge on any atom is 0.263 e. The monoisotopic (exact) mass is 405 g/mol. The molecule has 1 fully saturated rings. The summed E-state index contributed by atoms with van der Waals surface area (Å²) in [6, 6.07) is 13.6. The molecule has 1 saturated carbocycles. The first-order valence-corrected chi connectivity index (χ1v) is 9.99. The fourth-order valence-corrected chi connectivity index (χ4v) is 3.64. The van der Waals surface area contributed by atoms with Crippen LogP contribution in [0.5, 0.6) is 0 Å². The molecule has 1 aliphatic carbocycles. The summed E-state index contributed by atoms with van der Waals surface area (Å²) in [5.74, 6) is 0.697. The maximum absolute atomic E-state index is 13.3. The van der Waals surface area contributed by atoms with Crippen molar-refractivity contribution in [3.8, 4) is 0 Å². The van der Waals surface area contributed by atoms with Crippen LogP contribution in [0.1, 0.15) is 30.7 Å². The van der Waals surface area contributed by atoms with Crippen molar-refractivity contribution in [2.24, 2.45) is 0 Å². The standard InChI is InChI=1S/C22H20FN5O2/c23-15-7-5-14(6-8-15)13-27-21(30)17-3-1-2-4-18(17)28-19(25-26-22(27)28)11-12-20(29)24-16-9-10-16/h1-8,16H,9-13H2,(H,24,29). The van der Waals surface area contributed by atoms with Crippen LogP contribution in [0.3, 0.4) is 0 Å². The zero-order valence-corrected chi connectivity index (χ0v) is 16.2. The molecule has 0 saturated heterocycles. The number of aromatic nitrogens is 4. The molecule has 7 nitrogen and oxygen atoms in total. The van der Waals surface area contributed by atoms with Crippen molar-refractivity contribution in [2.75, 3.05) is 0 Å². The highest BCUT2D eigenvalue weighted by Gasteiger charge is 2.23. The van der Waals surface area contributed by atoms with Gasteiger partial charge in [0.2, 0.25) is 11.7 Å². The number of hydrogen-bond donors (Lipinski definition) is 1. The first kappa shape index (κ1) is 18.5. The summed E-state index contributed by atoms with van der Waals surface area (Å²) in [4.78, 5) is 25.3. The second kappa shape index (κ2) is 7.37. The first-order valence-electron chi connectivity index (χ1n) is 9.99. The molecule has 8 heteroatoms. The van der Waals surface area contributed by atoms with Gasteiger partial charge in [0, 0.05) is 18.9 Å². The van der Waals surface area contributed by atoms with Gasteiger partial charge in [0.05, 0.1) is 17.4 Å². The van der Waals surface area contributed by atoms with E-state index in [0.29, 0.717) is 41.4 Å². The van der Waals surface area contributed by atoms with E-state index in [1.54, 1.807) is 18.2 Å². The normalized spacial score (nSPS) is 13.8. The molecule has 2 aromatic carbocycles. The van der Waals surface area contributed by atoms with Gasteiger partial charge in [-0.25, -0.2) is 4.39 Å². The molecular formula is C22H20FN5O2. The Bertz CT molecular complexity index is 1310. The van der Waals surface area contributed by atoms with Gasteiger partial charge >= 0.3 is 0 Å². The number of halogens is 1. The second-order valence-electron chi connectivity index (χ2n) is 7.63. The molecule has 1 aliphatic rings. The van der Waals surface area contributed by atoms with Gasteiger partial charge in [0.1, 0.15) is 11.6 Å². The fourth-order valence-electron chi connectivity index (χ4n) is 3.64. The van der Waals surface area contributed by atoms with Crippen molar-refractivity contribution in [3.63, 3.8) is 0 Å². The number of nitrogens with zero attached hydrogens (tertiary/aromatic N) is 4. The Morgan fingerprint density at radius 2 is 1.87 bits per heavy atom. The van der Waals surface area contributed by atoms with Gasteiger partial charge < -0.3 is 5.32 Å². The largest absolute Gasteiger partial charge is 0.353 e. The van der Waals surface area contributed by atoms with Crippen LogP contribution in [0.25, 0.3) is 16.7 Å². The van der Waals surface area contributed by atoms with Crippen LogP contribution in [0.2, 0.25) is 0 Å². The number of aryl methyl sites for hydroxylation is 1. The molecule has 2 heterocycles. The van der Waals surface area contributed by atoms with Gasteiger partial charge in [0.15, 0.2) is 0 Å². The predicted molar refractivity (Wildman–Crippen MR) is 110 cm³/mol. The molecular weight excluding hydrogens is 385 g/mol. The minimum atomic E-state index is -0.330. The van der Waals surface area contributed by atoms with Crippen molar-refractivity contribution in [3.05, 3.63) is 76.1 Å². The summed E-state index contributed by atoms with van der Waals surface area (Å²) in [6.45, 7) is 0.244. The average molecular weight is 405 g/mol. The average Bonchev–Trinajstić information content (AvgIpc) is 3.46. The Balaban J connectivity index is 1.58. The van der Waals surface area contributed by atoms with Crippen LogP contribution in [0.15, 0.2) is 53.3 Å². The molecule has 30 heavy (non-hydrogen) atoms. The Kier molecular flexibility index (Phi) is 4.54. The Morgan fingerprint density at radius 1 is 1.10 bits per heavy atom. The van der Waals surface area contributed by atoms with E-state index in [-0.39, 0.29) is 23.8 Å². The quantitative estimate of drug-likeness (QED) is 0.534. The minimum absolute atomic E-state index is 0.00168. The van der Waals surface area contributed by atoms with Crippen molar-refractivity contribution in [1.29, 1.82) is 0 Å². The number of nitrogens with one attached hydrogen (secondary N) is 1. The Morgan fingerprint density at radius 3 is 2.63 bits per heavy atom. The van der Waals surface area contributed by atoms with E-state index in [0.717, 1.165) is 18.4 Å². The van der Waals surface area contributed by atoms with Gasteiger partial charge in [-0.3, -0.25) is 18.6 Å². The third-order valence-corrected chi connectivity index (χ3v) is 5.35. The van der Waals surface area contributed by atoms with Gasteiger partial charge in [-0.1, -0.05) is 24.3 Å². The number of amides is 1. The maximum atomic E-state index is 13.3. The van der Waals surface area contributed by atoms with Crippen LogP contribution in [0.4, 0.5) is 4.39 Å². The number of benzene rings is 2. The molecule has 1 N–H and O–H groups in total. The molecule has 0 bridgehead atoms. The summed E-state index contributed by atoms with van der Waals surface area (Å²) in [6.07, 6.45) is 2.81. The molecule has 0 radical (unpaired) electrons. The van der Waals surface area contributed by atoms with E-state index in [4.69, 9.17) is 0 Å². The molecule has 0 spiro atoms. The van der Waals surface area contributed by atoms with Gasteiger partial charge in [-0.15, -0.1) is 10.2 Å². The number of carbonyl (C=O) groups excluding carboxylic acids is 1. The van der Waals surface area contributed by atoms with Crippen LogP contribution in [0, 0.1) is 5.82 Å². The third-order valence-electron chi connectivity index (χ3n) is 5.35.